The van der Waals surface area contributed by atoms with E-state index in [-0.39, 0.29) is 0 Å². The molecule has 0 bridgehead atoms. The van der Waals surface area contributed by atoms with Crippen LogP contribution < -0.4 is 5.32 Å². The highest BCUT2D eigenvalue weighted by Crippen LogP contribution is 2.14. The van der Waals surface area contributed by atoms with E-state index in [2.05, 4.69) is 58.1 Å². The van der Waals surface area contributed by atoms with Gasteiger partial charge in [-0.2, -0.15) is 0 Å². The first-order valence-corrected chi connectivity index (χ1v) is 7.31. The second kappa shape index (κ2) is 7.58. The molecule has 0 saturated carbocycles. The average Bonchev–Trinajstić information content (AvgIpc) is 2.24. The highest BCUT2D eigenvalue weighted by atomic mass is 14.9. The second-order valence-electron chi connectivity index (χ2n) is 5.93. The van der Waals surface area contributed by atoms with Gasteiger partial charge in [0.05, 0.1) is 0 Å². The maximum Gasteiger partial charge on any atom is 0.0107 e. The molecule has 0 aromatic heterocycles. The summed E-state index contributed by atoms with van der Waals surface area (Å²) in [4.78, 5) is 0. The summed E-state index contributed by atoms with van der Waals surface area (Å²) in [7, 11) is 0. The molecule has 0 spiro atoms. The van der Waals surface area contributed by atoms with Crippen molar-refractivity contribution >= 4 is 0 Å². The summed E-state index contributed by atoms with van der Waals surface area (Å²) < 4.78 is 0. The van der Waals surface area contributed by atoms with E-state index >= 15 is 0 Å². The van der Waals surface area contributed by atoms with Crippen molar-refractivity contribution < 1.29 is 0 Å². The maximum absolute atomic E-state index is 3.63. The van der Waals surface area contributed by atoms with Gasteiger partial charge in [-0.15, -0.1) is 0 Å². The third kappa shape index (κ3) is 5.68. The van der Waals surface area contributed by atoms with Crippen molar-refractivity contribution in [2.45, 2.75) is 59.9 Å². The van der Waals surface area contributed by atoms with Crippen LogP contribution in [0.1, 0.15) is 50.3 Å². The van der Waals surface area contributed by atoms with Crippen molar-refractivity contribution in [1.82, 2.24) is 5.32 Å². The van der Waals surface area contributed by atoms with Gasteiger partial charge in [-0.1, -0.05) is 50.1 Å². The van der Waals surface area contributed by atoms with E-state index in [0.717, 1.165) is 18.9 Å². The Hall–Kier alpha value is -0.820. The Balaban J connectivity index is 2.63. The van der Waals surface area contributed by atoms with Crippen LogP contribution in [0.3, 0.4) is 0 Å². The fraction of sp³-hybridized carbons (Fsp3) is 0.647. The number of hydrogen-bond acceptors (Lipinski definition) is 1. The zero-order valence-electron chi connectivity index (χ0n) is 12.7. The predicted molar refractivity (Wildman–Crippen MR) is 81.2 cm³/mol. The molecule has 0 aliphatic heterocycles. The quantitative estimate of drug-likeness (QED) is 0.759. The normalized spacial score (nSPS) is 13.0. The first kappa shape index (κ1) is 15.2. The number of benzene rings is 1. The van der Waals surface area contributed by atoms with Gasteiger partial charge in [0.2, 0.25) is 0 Å². The molecule has 1 aromatic rings. The van der Waals surface area contributed by atoms with Crippen LogP contribution in [0.5, 0.6) is 0 Å². The summed E-state index contributed by atoms with van der Waals surface area (Å²) in [6.45, 7) is 12.2. The summed E-state index contributed by atoms with van der Waals surface area (Å²) in [6.07, 6.45) is 3.74. The van der Waals surface area contributed by atoms with Gasteiger partial charge in [-0.05, 0) is 51.1 Å². The van der Waals surface area contributed by atoms with Crippen molar-refractivity contribution in [2.75, 3.05) is 6.54 Å². The van der Waals surface area contributed by atoms with Crippen molar-refractivity contribution in [3.05, 3.63) is 34.9 Å². The van der Waals surface area contributed by atoms with Gasteiger partial charge in [-0.3, -0.25) is 0 Å². The maximum atomic E-state index is 3.63. The zero-order valence-corrected chi connectivity index (χ0v) is 12.7. The van der Waals surface area contributed by atoms with Gasteiger partial charge >= 0.3 is 0 Å². The lowest BCUT2D eigenvalue weighted by Crippen LogP contribution is -2.31. The summed E-state index contributed by atoms with van der Waals surface area (Å²) in [5.74, 6) is 0.797. The molecule has 1 N–H and O–H groups in total. The minimum atomic E-state index is 0.624. The molecule has 1 atom stereocenters. The Kier molecular flexibility index (Phi) is 6.42. The Morgan fingerprint density at radius 3 is 2.11 bits per heavy atom. The summed E-state index contributed by atoms with van der Waals surface area (Å²) in [5, 5.41) is 3.63. The van der Waals surface area contributed by atoms with Crippen molar-refractivity contribution in [3.63, 3.8) is 0 Å². The molecule has 1 heteroatoms. The van der Waals surface area contributed by atoms with Crippen LogP contribution in [-0.4, -0.2) is 12.6 Å². The lowest BCUT2D eigenvalue weighted by atomic mass is 9.96. The minimum absolute atomic E-state index is 0.624. The van der Waals surface area contributed by atoms with Crippen LogP contribution in [0.15, 0.2) is 18.2 Å². The van der Waals surface area contributed by atoms with Gasteiger partial charge in [0, 0.05) is 6.04 Å². The number of nitrogens with one attached hydrogen (secondary N) is 1. The first-order valence-electron chi connectivity index (χ1n) is 7.31. The Labute approximate surface area is 113 Å². The van der Waals surface area contributed by atoms with Gasteiger partial charge in [0.1, 0.15) is 0 Å². The number of hydrogen-bond donors (Lipinski definition) is 1. The molecule has 1 nitrogen and oxygen atoms in total. The summed E-state index contributed by atoms with van der Waals surface area (Å²) >= 11 is 0. The highest BCUT2D eigenvalue weighted by molar-refractivity contribution is 5.29. The zero-order chi connectivity index (χ0) is 13.5. The van der Waals surface area contributed by atoms with E-state index in [0.29, 0.717) is 6.04 Å². The van der Waals surface area contributed by atoms with Crippen LogP contribution in [0.25, 0.3) is 0 Å². The van der Waals surface area contributed by atoms with Crippen LogP contribution in [0, 0.1) is 19.8 Å². The molecule has 1 aromatic carbocycles. The molecule has 0 saturated heterocycles. The van der Waals surface area contributed by atoms with Crippen molar-refractivity contribution in [3.8, 4) is 0 Å². The van der Waals surface area contributed by atoms with Crippen LogP contribution in [-0.2, 0) is 6.42 Å². The van der Waals surface area contributed by atoms with E-state index in [1.165, 1.54) is 29.5 Å². The number of aryl methyl sites for hydroxylation is 2. The largest absolute Gasteiger partial charge is 0.314 e. The molecule has 18 heavy (non-hydrogen) atoms. The van der Waals surface area contributed by atoms with E-state index in [1.807, 2.05) is 0 Å². The Bertz CT molecular complexity index is 334. The molecular formula is C17H29N. The molecular weight excluding hydrogens is 218 g/mol. The van der Waals surface area contributed by atoms with Crippen molar-refractivity contribution in [2.24, 2.45) is 5.92 Å². The minimum Gasteiger partial charge on any atom is -0.314 e. The summed E-state index contributed by atoms with van der Waals surface area (Å²) in [6, 6.07) is 7.53. The number of rotatable bonds is 7. The van der Waals surface area contributed by atoms with E-state index < -0.39 is 0 Å². The Morgan fingerprint density at radius 2 is 1.61 bits per heavy atom. The molecule has 0 radical (unpaired) electrons. The van der Waals surface area contributed by atoms with E-state index in [4.69, 9.17) is 0 Å². The standard InChI is InChI=1S/C17H29N/c1-6-18-17(8-7-13(2)3)12-16-10-14(4)9-15(5)11-16/h9-11,13,17-18H,6-8,12H2,1-5H3. The fourth-order valence-corrected chi connectivity index (χ4v) is 2.57. The van der Waals surface area contributed by atoms with Gasteiger partial charge < -0.3 is 5.32 Å². The SMILES string of the molecule is CCNC(CCC(C)C)Cc1cc(C)cc(C)c1. The lowest BCUT2D eigenvalue weighted by molar-refractivity contribution is 0.434. The third-order valence-corrected chi connectivity index (χ3v) is 3.35. The monoisotopic (exact) mass is 247 g/mol. The van der Waals surface area contributed by atoms with Crippen molar-refractivity contribution in [1.29, 1.82) is 0 Å². The molecule has 1 rings (SSSR count). The lowest BCUT2D eigenvalue weighted by Gasteiger charge is -2.19. The summed E-state index contributed by atoms with van der Waals surface area (Å²) in [5.41, 5.74) is 4.23. The average molecular weight is 247 g/mol. The molecule has 0 fully saturated rings. The molecule has 0 heterocycles. The van der Waals surface area contributed by atoms with Gasteiger partial charge in [0.25, 0.3) is 0 Å². The Morgan fingerprint density at radius 1 is 1.00 bits per heavy atom. The topological polar surface area (TPSA) is 12.0 Å². The van der Waals surface area contributed by atoms with Gasteiger partial charge in [0.15, 0.2) is 0 Å². The molecule has 102 valence electrons. The second-order valence-corrected chi connectivity index (χ2v) is 5.93. The fourth-order valence-electron chi connectivity index (χ4n) is 2.57. The van der Waals surface area contributed by atoms with Crippen LogP contribution >= 0.6 is 0 Å². The molecule has 0 amide bonds. The van der Waals surface area contributed by atoms with Crippen LogP contribution in [0.2, 0.25) is 0 Å². The highest BCUT2D eigenvalue weighted by Gasteiger charge is 2.09. The van der Waals surface area contributed by atoms with E-state index in [9.17, 15) is 0 Å². The van der Waals surface area contributed by atoms with Crippen LogP contribution in [0.4, 0.5) is 0 Å². The number of likely N-dealkylation sites (N-methyl/N-ethyl adjacent to an activating group) is 1. The predicted octanol–water partition coefficient (Wildman–Crippen LogP) is 4.26. The first-order chi connectivity index (χ1) is 8.51. The van der Waals surface area contributed by atoms with E-state index in [1.54, 1.807) is 0 Å². The molecule has 0 aliphatic rings. The molecule has 0 aliphatic carbocycles. The van der Waals surface area contributed by atoms with Gasteiger partial charge in [-0.25, -0.2) is 0 Å². The molecule has 1 unspecified atom stereocenters. The third-order valence-electron chi connectivity index (χ3n) is 3.35. The smallest absolute Gasteiger partial charge is 0.0107 e.